The third kappa shape index (κ3) is 2.44. The first-order valence-corrected chi connectivity index (χ1v) is 6.96. The maximum Gasteiger partial charge on any atom is 0.0488 e. The van der Waals surface area contributed by atoms with Gasteiger partial charge in [0.1, 0.15) is 0 Å². The van der Waals surface area contributed by atoms with Crippen LogP contribution in [0.1, 0.15) is 36.5 Å². The van der Waals surface area contributed by atoms with Crippen LogP contribution in [0, 0.1) is 13.8 Å². The summed E-state index contributed by atoms with van der Waals surface area (Å²) < 4.78 is 2.32. The van der Waals surface area contributed by atoms with E-state index in [1.165, 1.54) is 46.9 Å². The molecule has 0 bridgehead atoms. The summed E-state index contributed by atoms with van der Waals surface area (Å²) in [7, 11) is 0. The van der Waals surface area contributed by atoms with E-state index in [0.717, 1.165) is 6.54 Å². The van der Waals surface area contributed by atoms with Gasteiger partial charge in [0.05, 0.1) is 0 Å². The summed E-state index contributed by atoms with van der Waals surface area (Å²) in [5.41, 5.74) is 11.3. The molecule has 0 amide bonds. The van der Waals surface area contributed by atoms with Gasteiger partial charge >= 0.3 is 0 Å². The Labute approximate surface area is 110 Å². The first-order valence-electron chi connectivity index (χ1n) is 6.96. The fourth-order valence-corrected chi connectivity index (χ4v) is 2.79. The molecule has 0 aliphatic heterocycles. The number of hydrogen-bond acceptors (Lipinski definition) is 1. The molecule has 0 fully saturated rings. The Hall–Kier alpha value is -1.28. The van der Waals surface area contributed by atoms with Crippen LogP contribution < -0.4 is 5.73 Å². The number of rotatable bonds is 5. The molecular weight excluding hydrogens is 220 g/mol. The Kier molecular flexibility index (Phi) is 4.07. The van der Waals surface area contributed by atoms with E-state index in [1.807, 2.05) is 0 Å². The molecule has 0 spiro atoms. The van der Waals surface area contributed by atoms with Crippen LogP contribution in [-0.2, 0) is 13.0 Å². The highest BCUT2D eigenvalue weighted by molar-refractivity contribution is 5.88. The second kappa shape index (κ2) is 5.57. The molecule has 98 valence electrons. The van der Waals surface area contributed by atoms with Crippen LogP contribution in [0.15, 0.2) is 18.3 Å². The van der Waals surface area contributed by atoms with Crippen LogP contribution in [0.5, 0.6) is 0 Å². The van der Waals surface area contributed by atoms with E-state index >= 15 is 0 Å². The standard InChI is InChI=1S/C16H24N2/c1-4-5-6-14-11-18(8-7-17)15-10-12(2)9-13(3)16(14)15/h9-11H,4-8,17H2,1-3H3. The van der Waals surface area contributed by atoms with E-state index in [9.17, 15) is 0 Å². The highest BCUT2D eigenvalue weighted by Crippen LogP contribution is 2.27. The van der Waals surface area contributed by atoms with Crippen molar-refractivity contribution in [1.29, 1.82) is 0 Å². The van der Waals surface area contributed by atoms with Crippen LogP contribution in [0.25, 0.3) is 10.9 Å². The lowest BCUT2D eigenvalue weighted by atomic mass is 10.0. The van der Waals surface area contributed by atoms with Crippen molar-refractivity contribution in [2.24, 2.45) is 5.73 Å². The third-order valence-corrected chi connectivity index (χ3v) is 3.57. The molecule has 1 aromatic carbocycles. The monoisotopic (exact) mass is 244 g/mol. The number of nitrogens with zero attached hydrogens (tertiary/aromatic N) is 1. The van der Waals surface area contributed by atoms with Gasteiger partial charge < -0.3 is 10.3 Å². The average molecular weight is 244 g/mol. The second-order valence-corrected chi connectivity index (χ2v) is 5.22. The van der Waals surface area contributed by atoms with Crippen molar-refractivity contribution in [2.75, 3.05) is 6.54 Å². The van der Waals surface area contributed by atoms with Gasteiger partial charge in [0, 0.05) is 30.2 Å². The van der Waals surface area contributed by atoms with Crippen molar-refractivity contribution < 1.29 is 0 Å². The molecule has 1 heterocycles. The Bertz CT molecular complexity index is 538. The predicted octanol–water partition coefficient (Wildman–Crippen LogP) is 3.56. The summed E-state index contributed by atoms with van der Waals surface area (Å²) in [5.74, 6) is 0. The molecule has 2 nitrogen and oxygen atoms in total. The topological polar surface area (TPSA) is 30.9 Å². The number of hydrogen-bond donors (Lipinski definition) is 1. The number of benzene rings is 1. The molecule has 2 rings (SSSR count). The summed E-state index contributed by atoms with van der Waals surface area (Å²) in [4.78, 5) is 0. The summed E-state index contributed by atoms with van der Waals surface area (Å²) in [5, 5.41) is 1.45. The van der Waals surface area contributed by atoms with E-state index in [4.69, 9.17) is 5.73 Å². The lowest BCUT2D eigenvalue weighted by Crippen LogP contribution is -2.08. The maximum atomic E-state index is 5.72. The van der Waals surface area contributed by atoms with Crippen molar-refractivity contribution >= 4 is 10.9 Å². The van der Waals surface area contributed by atoms with Crippen LogP contribution in [0.4, 0.5) is 0 Å². The summed E-state index contributed by atoms with van der Waals surface area (Å²) >= 11 is 0. The second-order valence-electron chi connectivity index (χ2n) is 5.22. The molecule has 0 aliphatic carbocycles. The number of aryl methyl sites for hydroxylation is 3. The van der Waals surface area contributed by atoms with Crippen LogP contribution in [-0.4, -0.2) is 11.1 Å². The van der Waals surface area contributed by atoms with Crippen LogP contribution >= 0.6 is 0 Å². The molecule has 0 radical (unpaired) electrons. The molecular formula is C16H24N2. The van der Waals surface area contributed by atoms with Gasteiger partial charge in [-0.05, 0) is 49.4 Å². The van der Waals surface area contributed by atoms with E-state index in [2.05, 4.69) is 43.7 Å². The van der Waals surface area contributed by atoms with Crippen molar-refractivity contribution in [3.63, 3.8) is 0 Å². The Balaban J connectivity index is 2.56. The lowest BCUT2D eigenvalue weighted by molar-refractivity contribution is 0.726. The zero-order valence-electron chi connectivity index (χ0n) is 11.8. The summed E-state index contributed by atoms with van der Waals surface area (Å²) in [6.45, 7) is 8.24. The zero-order valence-corrected chi connectivity index (χ0v) is 11.8. The SMILES string of the molecule is CCCCc1cn(CCN)c2cc(C)cc(C)c12. The fraction of sp³-hybridized carbons (Fsp3) is 0.500. The molecule has 2 N–H and O–H groups in total. The van der Waals surface area contributed by atoms with Gasteiger partial charge in [0.25, 0.3) is 0 Å². The molecule has 0 unspecified atom stereocenters. The highest BCUT2D eigenvalue weighted by atomic mass is 15.0. The minimum absolute atomic E-state index is 0.698. The first kappa shape index (κ1) is 13.2. The quantitative estimate of drug-likeness (QED) is 0.856. The van der Waals surface area contributed by atoms with Gasteiger partial charge in [-0.3, -0.25) is 0 Å². The Morgan fingerprint density at radius 3 is 2.67 bits per heavy atom. The number of unbranched alkanes of at least 4 members (excludes halogenated alkanes) is 1. The minimum Gasteiger partial charge on any atom is -0.346 e. The van der Waals surface area contributed by atoms with E-state index in [-0.39, 0.29) is 0 Å². The van der Waals surface area contributed by atoms with E-state index < -0.39 is 0 Å². The molecule has 2 aromatic rings. The van der Waals surface area contributed by atoms with Crippen LogP contribution in [0.2, 0.25) is 0 Å². The molecule has 18 heavy (non-hydrogen) atoms. The van der Waals surface area contributed by atoms with Crippen molar-refractivity contribution in [2.45, 2.75) is 46.6 Å². The maximum absolute atomic E-state index is 5.72. The van der Waals surface area contributed by atoms with Gasteiger partial charge in [-0.25, -0.2) is 0 Å². The van der Waals surface area contributed by atoms with Gasteiger partial charge in [-0.1, -0.05) is 19.4 Å². The molecule has 1 aromatic heterocycles. The minimum atomic E-state index is 0.698. The molecule has 0 saturated heterocycles. The average Bonchev–Trinajstić information content (AvgIpc) is 2.65. The van der Waals surface area contributed by atoms with E-state index in [0.29, 0.717) is 6.54 Å². The number of nitrogens with two attached hydrogens (primary N) is 1. The molecule has 0 saturated carbocycles. The predicted molar refractivity (Wildman–Crippen MR) is 79.1 cm³/mol. The highest BCUT2D eigenvalue weighted by Gasteiger charge is 2.10. The normalized spacial score (nSPS) is 11.3. The van der Waals surface area contributed by atoms with Crippen molar-refractivity contribution in [3.8, 4) is 0 Å². The van der Waals surface area contributed by atoms with Gasteiger partial charge in [0.2, 0.25) is 0 Å². The number of fused-ring (bicyclic) bond motifs is 1. The molecule has 2 heteroatoms. The smallest absolute Gasteiger partial charge is 0.0488 e. The lowest BCUT2D eigenvalue weighted by Gasteiger charge is -2.05. The molecule has 0 atom stereocenters. The zero-order chi connectivity index (χ0) is 13.1. The fourth-order valence-electron chi connectivity index (χ4n) is 2.79. The van der Waals surface area contributed by atoms with Gasteiger partial charge in [0.15, 0.2) is 0 Å². The third-order valence-electron chi connectivity index (χ3n) is 3.57. The Morgan fingerprint density at radius 1 is 1.22 bits per heavy atom. The van der Waals surface area contributed by atoms with Gasteiger partial charge in [-0.2, -0.15) is 0 Å². The van der Waals surface area contributed by atoms with Crippen molar-refractivity contribution in [1.82, 2.24) is 4.57 Å². The van der Waals surface area contributed by atoms with Crippen molar-refractivity contribution in [3.05, 3.63) is 35.0 Å². The molecule has 0 aliphatic rings. The Morgan fingerprint density at radius 2 is 2.00 bits per heavy atom. The largest absolute Gasteiger partial charge is 0.346 e. The first-order chi connectivity index (χ1) is 8.67. The number of aromatic nitrogens is 1. The van der Waals surface area contributed by atoms with E-state index in [1.54, 1.807) is 0 Å². The van der Waals surface area contributed by atoms with Crippen LogP contribution in [0.3, 0.4) is 0 Å². The summed E-state index contributed by atoms with van der Waals surface area (Å²) in [6.07, 6.45) is 5.98. The van der Waals surface area contributed by atoms with Gasteiger partial charge in [-0.15, -0.1) is 0 Å². The summed E-state index contributed by atoms with van der Waals surface area (Å²) in [6, 6.07) is 4.57.